The van der Waals surface area contributed by atoms with Gasteiger partial charge in [-0.05, 0) is 154 Å². The lowest BCUT2D eigenvalue weighted by Gasteiger charge is -2.29. The molecule has 0 bridgehead atoms. The van der Waals surface area contributed by atoms with Crippen LogP contribution in [-0.4, -0.2) is 0 Å². The van der Waals surface area contributed by atoms with Gasteiger partial charge in [0.25, 0.3) is 0 Å². The average molecular weight is 735 g/mol. The number of nitrogens with zero attached hydrogens (tertiary/aromatic N) is 2. The van der Waals surface area contributed by atoms with Crippen LogP contribution in [-0.2, 0) is 5.41 Å². The molecule has 1 aliphatic carbocycles. The van der Waals surface area contributed by atoms with Gasteiger partial charge < -0.3 is 9.80 Å². The van der Waals surface area contributed by atoms with E-state index in [9.17, 15) is 0 Å². The van der Waals surface area contributed by atoms with Crippen molar-refractivity contribution in [1.29, 1.82) is 0 Å². The van der Waals surface area contributed by atoms with Crippen LogP contribution in [0.5, 0.6) is 0 Å². The molecule has 0 N–H and O–H groups in total. The molecule has 2 heteroatoms. The molecule has 0 heterocycles. The molecule has 1 aliphatic rings. The van der Waals surface area contributed by atoms with Crippen molar-refractivity contribution in [3.8, 4) is 11.1 Å². The molecule has 0 saturated heterocycles. The minimum absolute atomic E-state index is 0.241. The Labute approximate surface area is 336 Å². The van der Waals surface area contributed by atoms with Crippen LogP contribution in [0.4, 0.5) is 34.1 Å². The molecule has 0 atom stereocenters. The largest absolute Gasteiger partial charge is 0.310 e. The molecule has 0 amide bonds. The molecule has 9 aromatic carbocycles. The van der Waals surface area contributed by atoms with Gasteiger partial charge in [-0.1, -0.05) is 134 Å². The van der Waals surface area contributed by atoms with Crippen LogP contribution in [0.1, 0.15) is 47.2 Å². The maximum absolute atomic E-state index is 2.44. The molecule has 0 spiro atoms. The Balaban J connectivity index is 1.17. The summed E-state index contributed by atoms with van der Waals surface area (Å²) in [6.45, 7) is 13.6. The molecule has 10 rings (SSSR count). The summed E-state index contributed by atoms with van der Waals surface area (Å²) in [4.78, 5) is 4.81. The maximum atomic E-state index is 2.44. The lowest BCUT2D eigenvalue weighted by molar-refractivity contribution is 0.672. The molecular weight excluding hydrogens is 689 g/mol. The van der Waals surface area contributed by atoms with E-state index in [1.54, 1.807) is 0 Å². The number of anilines is 6. The Morgan fingerprint density at radius 2 is 0.895 bits per heavy atom. The molecule has 0 unspecified atom stereocenters. The summed E-state index contributed by atoms with van der Waals surface area (Å²) in [5.74, 6) is 0. The van der Waals surface area contributed by atoms with Crippen LogP contribution in [0.25, 0.3) is 43.4 Å². The number of rotatable bonds is 6. The van der Waals surface area contributed by atoms with E-state index in [2.05, 4.69) is 221 Å². The molecular formula is C55H46N2. The highest BCUT2D eigenvalue weighted by atomic mass is 15.1. The van der Waals surface area contributed by atoms with E-state index in [0.717, 1.165) is 22.7 Å². The van der Waals surface area contributed by atoms with Crippen molar-refractivity contribution in [2.75, 3.05) is 9.80 Å². The summed E-state index contributed by atoms with van der Waals surface area (Å²) in [6.07, 6.45) is 0. The summed E-state index contributed by atoms with van der Waals surface area (Å²) in [5, 5.41) is 7.76. The number of aryl methyl sites for hydroxylation is 4. The third-order valence-electron chi connectivity index (χ3n) is 12.3. The third-order valence-corrected chi connectivity index (χ3v) is 12.3. The van der Waals surface area contributed by atoms with Crippen LogP contribution >= 0.6 is 0 Å². The van der Waals surface area contributed by atoms with Gasteiger partial charge >= 0.3 is 0 Å². The van der Waals surface area contributed by atoms with E-state index in [1.165, 1.54) is 88.2 Å². The van der Waals surface area contributed by atoms with Gasteiger partial charge in [0.2, 0.25) is 0 Å². The minimum atomic E-state index is -0.241. The van der Waals surface area contributed by atoms with E-state index < -0.39 is 0 Å². The molecule has 57 heavy (non-hydrogen) atoms. The van der Waals surface area contributed by atoms with Crippen molar-refractivity contribution in [1.82, 2.24) is 0 Å². The number of fused-ring (bicyclic) bond motifs is 10. The molecule has 276 valence electrons. The molecule has 0 aromatic heterocycles. The highest BCUT2D eigenvalue weighted by Gasteiger charge is 2.40. The van der Waals surface area contributed by atoms with Gasteiger partial charge in [-0.2, -0.15) is 0 Å². The van der Waals surface area contributed by atoms with Gasteiger partial charge in [-0.15, -0.1) is 0 Å². The smallest absolute Gasteiger partial charge is 0.0490 e. The van der Waals surface area contributed by atoms with Crippen LogP contribution < -0.4 is 9.80 Å². The molecule has 0 saturated carbocycles. The summed E-state index contributed by atoms with van der Waals surface area (Å²) >= 11 is 0. The summed E-state index contributed by atoms with van der Waals surface area (Å²) in [6, 6.07) is 63.0. The van der Waals surface area contributed by atoms with Crippen molar-refractivity contribution in [2.45, 2.75) is 47.0 Å². The minimum Gasteiger partial charge on any atom is -0.310 e. The first-order valence-electron chi connectivity index (χ1n) is 20.1. The van der Waals surface area contributed by atoms with Gasteiger partial charge in [0.1, 0.15) is 0 Å². The monoisotopic (exact) mass is 734 g/mol. The molecule has 0 radical (unpaired) electrons. The first kappa shape index (κ1) is 34.8. The fraction of sp³-hybridized carbons (Fsp3) is 0.127. The fourth-order valence-corrected chi connectivity index (χ4v) is 9.83. The lowest BCUT2D eigenvalue weighted by atomic mass is 9.77. The molecule has 0 aliphatic heterocycles. The standard InChI is InChI=1S/C55H46N2/c1-35-21-29-50(37(3)31-35)56(40-15-9-7-10-16-40)42-24-27-44-39(33-42)23-26-48-52-46-20-14-13-19-45(46)49-34-43(25-28-47(49)54(52)55(5,6)53(44)48)57(41-17-11-8-12-18-41)51-30-22-36(2)32-38(51)4/h7-34H,1-6H3. The van der Waals surface area contributed by atoms with Crippen LogP contribution in [0.15, 0.2) is 170 Å². The second kappa shape index (κ2) is 13.2. The van der Waals surface area contributed by atoms with Gasteiger partial charge in [-0.25, -0.2) is 0 Å². The Hall–Kier alpha value is -6.64. The predicted octanol–water partition coefficient (Wildman–Crippen LogP) is 15.6. The van der Waals surface area contributed by atoms with E-state index in [4.69, 9.17) is 0 Å². The number of hydrogen-bond acceptors (Lipinski definition) is 2. The van der Waals surface area contributed by atoms with Gasteiger partial charge in [0, 0.05) is 39.5 Å². The topological polar surface area (TPSA) is 6.48 Å². The zero-order valence-electron chi connectivity index (χ0n) is 33.6. The first-order chi connectivity index (χ1) is 27.7. The van der Waals surface area contributed by atoms with Gasteiger partial charge in [0.05, 0.1) is 0 Å². The fourth-order valence-electron chi connectivity index (χ4n) is 9.83. The first-order valence-corrected chi connectivity index (χ1v) is 20.1. The van der Waals surface area contributed by atoms with Gasteiger partial charge in [-0.3, -0.25) is 0 Å². The molecule has 2 nitrogen and oxygen atoms in total. The average Bonchev–Trinajstić information content (AvgIpc) is 3.47. The van der Waals surface area contributed by atoms with Crippen molar-refractivity contribution in [2.24, 2.45) is 0 Å². The summed E-state index contributed by atoms with van der Waals surface area (Å²) in [5.41, 5.74) is 17.3. The number of para-hydroxylation sites is 2. The van der Waals surface area contributed by atoms with Gasteiger partial charge in [0.15, 0.2) is 0 Å². The van der Waals surface area contributed by atoms with Crippen molar-refractivity contribution >= 4 is 66.4 Å². The normalized spacial score (nSPS) is 12.9. The zero-order valence-corrected chi connectivity index (χ0v) is 33.6. The Morgan fingerprint density at radius 1 is 0.368 bits per heavy atom. The highest BCUT2D eigenvalue weighted by molar-refractivity contribution is 6.20. The summed E-state index contributed by atoms with van der Waals surface area (Å²) < 4.78 is 0. The Morgan fingerprint density at radius 3 is 1.47 bits per heavy atom. The van der Waals surface area contributed by atoms with E-state index in [1.807, 2.05) is 0 Å². The van der Waals surface area contributed by atoms with Crippen LogP contribution in [0.2, 0.25) is 0 Å². The Bertz CT molecular complexity index is 3030. The number of benzene rings is 9. The SMILES string of the molecule is Cc1ccc(N(c2ccccc2)c2ccc3c4c(ccc3c2)-c2c(c3ccc(N(c5ccccc5)c5ccc(C)cc5C)cc3c3ccccc23)C4(C)C)c(C)c1. The van der Waals surface area contributed by atoms with E-state index in [0.29, 0.717) is 0 Å². The third kappa shape index (κ3) is 5.54. The maximum Gasteiger partial charge on any atom is 0.0490 e. The lowest BCUT2D eigenvalue weighted by Crippen LogP contribution is -2.17. The highest BCUT2D eigenvalue weighted by Crippen LogP contribution is 2.57. The number of hydrogen-bond donors (Lipinski definition) is 0. The van der Waals surface area contributed by atoms with Crippen molar-refractivity contribution in [3.05, 3.63) is 203 Å². The zero-order chi connectivity index (χ0) is 39.0. The van der Waals surface area contributed by atoms with Crippen molar-refractivity contribution < 1.29 is 0 Å². The molecule has 9 aromatic rings. The second-order valence-corrected chi connectivity index (χ2v) is 16.5. The van der Waals surface area contributed by atoms with Crippen LogP contribution in [0, 0.1) is 27.7 Å². The van der Waals surface area contributed by atoms with Crippen molar-refractivity contribution in [3.63, 3.8) is 0 Å². The quantitative estimate of drug-likeness (QED) is 0.157. The van der Waals surface area contributed by atoms with Crippen LogP contribution in [0.3, 0.4) is 0 Å². The Kier molecular flexibility index (Phi) is 8.09. The van der Waals surface area contributed by atoms with E-state index in [-0.39, 0.29) is 5.41 Å². The van der Waals surface area contributed by atoms with E-state index >= 15 is 0 Å². The molecule has 0 fully saturated rings. The predicted molar refractivity (Wildman–Crippen MR) is 245 cm³/mol. The summed E-state index contributed by atoms with van der Waals surface area (Å²) in [7, 11) is 0. The second-order valence-electron chi connectivity index (χ2n) is 16.5.